The first-order valence-electron chi connectivity index (χ1n) is 7.03. The summed E-state index contributed by atoms with van der Waals surface area (Å²) >= 11 is 0. The van der Waals surface area contributed by atoms with E-state index >= 15 is 0 Å². The van der Waals surface area contributed by atoms with Gasteiger partial charge in [-0.15, -0.1) is 0 Å². The number of hydrogen-bond acceptors (Lipinski definition) is 0. The third-order valence-corrected chi connectivity index (χ3v) is 14.9. The lowest BCUT2D eigenvalue weighted by atomic mass is 10.4. The predicted octanol–water partition coefficient (Wildman–Crippen LogP) is 3.76. The van der Waals surface area contributed by atoms with Crippen molar-refractivity contribution in [2.45, 2.75) is 31.9 Å². The summed E-state index contributed by atoms with van der Waals surface area (Å²) in [6.07, 6.45) is 0. The summed E-state index contributed by atoms with van der Waals surface area (Å²) in [7, 11) is -2.67. The van der Waals surface area contributed by atoms with Crippen molar-refractivity contribution in [2.75, 3.05) is 0 Å². The van der Waals surface area contributed by atoms with Gasteiger partial charge in [0, 0.05) is 0 Å². The highest BCUT2D eigenvalue weighted by molar-refractivity contribution is 7.06. The molecule has 0 radical (unpaired) electrons. The molecule has 0 saturated heterocycles. The Kier molecular flexibility index (Phi) is 4.11. The Morgan fingerprint density at radius 3 is 1.21 bits per heavy atom. The van der Waals surface area contributed by atoms with Gasteiger partial charge in [0.2, 0.25) is 0 Å². The van der Waals surface area contributed by atoms with Crippen LogP contribution in [0.4, 0.5) is 0 Å². The zero-order valence-electron chi connectivity index (χ0n) is 12.5. The van der Waals surface area contributed by atoms with Gasteiger partial charge in [-0.3, -0.25) is 0 Å². The van der Waals surface area contributed by atoms with Gasteiger partial charge >= 0.3 is 0 Å². The molecule has 0 N–H and O–H groups in total. The Hall–Kier alpha value is -1.13. The molecule has 0 atom stereocenters. The fourth-order valence-electron chi connectivity index (χ4n) is 3.09. The minimum absolute atomic E-state index is 1.34. The second-order valence-corrected chi connectivity index (χ2v) is 16.8. The maximum absolute atomic E-state index is 2.51. The van der Waals surface area contributed by atoms with E-state index in [4.69, 9.17) is 0 Å². The Balaban J connectivity index is 2.25. The van der Waals surface area contributed by atoms with Crippen LogP contribution in [-0.4, -0.2) is 16.1 Å². The molecule has 100 valence electrons. The highest BCUT2D eigenvalue weighted by atomic mass is 28.4. The van der Waals surface area contributed by atoms with Gasteiger partial charge in [0.1, 0.15) is 0 Å². The predicted molar refractivity (Wildman–Crippen MR) is 91.9 cm³/mol. The fourth-order valence-corrected chi connectivity index (χ4v) is 15.7. The Bertz CT molecular complexity index is 466. The highest BCUT2D eigenvalue weighted by Crippen LogP contribution is 2.20. The Morgan fingerprint density at radius 2 is 0.895 bits per heavy atom. The summed E-state index contributed by atoms with van der Waals surface area (Å²) in [6, 6.07) is 22.2. The van der Waals surface area contributed by atoms with Crippen LogP contribution in [0.25, 0.3) is 0 Å². The molecule has 0 heterocycles. The van der Waals surface area contributed by atoms with Crippen molar-refractivity contribution >= 4 is 26.5 Å². The van der Waals surface area contributed by atoms with Crippen molar-refractivity contribution in [3.8, 4) is 0 Å². The van der Waals surface area contributed by atoms with Crippen molar-refractivity contribution in [1.82, 2.24) is 0 Å². The average molecular weight is 285 g/mol. The molecule has 0 aliphatic heterocycles. The lowest BCUT2D eigenvalue weighted by Gasteiger charge is -2.33. The van der Waals surface area contributed by atoms with Gasteiger partial charge in [-0.1, -0.05) is 103 Å². The van der Waals surface area contributed by atoms with Gasteiger partial charge in [-0.2, -0.15) is 0 Å². The molecule has 2 aromatic rings. The molecule has 2 heteroatoms. The molecule has 0 saturated carbocycles. The average Bonchev–Trinajstić information content (AvgIpc) is 2.40. The minimum Gasteiger partial charge on any atom is -0.0656 e. The lowest BCUT2D eigenvalue weighted by molar-refractivity contribution is 1.55. The topological polar surface area (TPSA) is 0 Å². The zero-order valence-corrected chi connectivity index (χ0v) is 14.5. The van der Waals surface area contributed by atoms with Crippen LogP contribution in [-0.2, 0) is 0 Å². The van der Waals surface area contributed by atoms with Gasteiger partial charge in [-0.25, -0.2) is 0 Å². The summed E-state index contributed by atoms with van der Waals surface area (Å²) in [6.45, 7) is 10.1. The highest BCUT2D eigenvalue weighted by Gasteiger charge is 2.34. The van der Waals surface area contributed by atoms with Crippen LogP contribution < -0.4 is 10.4 Å². The van der Waals surface area contributed by atoms with Crippen molar-refractivity contribution < 1.29 is 0 Å². The van der Waals surface area contributed by atoms with Crippen molar-refractivity contribution in [3.05, 3.63) is 60.7 Å². The van der Waals surface area contributed by atoms with E-state index in [-0.39, 0.29) is 0 Å². The molecule has 2 aromatic carbocycles. The summed E-state index contributed by atoms with van der Waals surface area (Å²) in [5.41, 5.74) is 1.41. The quantitative estimate of drug-likeness (QED) is 0.750. The fraction of sp³-hybridized carbons (Fsp3) is 0.294. The molecule has 0 fully saturated rings. The van der Waals surface area contributed by atoms with Crippen LogP contribution in [0.3, 0.4) is 0 Å². The number of hydrogen-bond donors (Lipinski definition) is 0. The summed E-state index contributed by atoms with van der Waals surface area (Å²) in [5.74, 6) is 0. The van der Waals surface area contributed by atoms with Crippen LogP contribution in [0, 0.1) is 0 Å². The summed E-state index contributed by atoms with van der Waals surface area (Å²) in [4.78, 5) is 0. The lowest BCUT2D eigenvalue weighted by Crippen LogP contribution is -2.53. The minimum atomic E-state index is -1.34. The van der Waals surface area contributed by atoms with Crippen LogP contribution in [0.2, 0.25) is 31.9 Å². The van der Waals surface area contributed by atoms with E-state index < -0.39 is 16.1 Å². The first-order chi connectivity index (χ1) is 8.92. The van der Waals surface area contributed by atoms with E-state index in [1.54, 1.807) is 10.4 Å². The Labute approximate surface area is 119 Å². The second-order valence-electron chi connectivity index (χ2n) is 6.68. The molecule has 0 aliphatic rings. The summed E-state index contributed by atoms with van der Waals surface area (Å²) < 4.78 is 0. The molecule has 0 amide bonds. The van der Waals surface area contributed by atoms with Crippen LogP contribution in [0.5, 0.6) is 0 Å². The molecule has 0 aliphatic carbocycles. The zero-order chi connectivity index (χ0) is 13.9. The van der Waals surface area contributed by atoms with Gasteiger partial charge in [0.15, 0.2) is 0 Å². The van der Waals surface area contributed by atoms with Crippen LogP contribution >= 0.6 is 0 Å². The largest absolute Gasteiger partial charge is 0.0783 e. The molecular weight excluding hydrogens is 260 g/mol. The van der Waals surface area contributed by atoms with Gasteiger partial charge in [0.05, 0.1) is 16.1 Å². The van der Waals surface area contributed by atoms with E-state index in [0.29, 0.717) is 0 Å². The van der Waals surface area contributed by atoms with Crippen LogP contribution in [0.1, 0.15) is 0 Å². The van der Waals surface area contributed by atoms with E-state index in [9.17, 15) is 0 Å². The van der Waals surface area contributed by atoms with Gasteiger partial charge in [-0.05, 0) is 0 Å². The van der Waals surface area contributed by atoms with Crippen LogP contribution in [0.15, 0.2) is 60.7 Å². The monoisotopic (exact) mass is 284 g/mol. The van der Waals surface area contributed by atoms with E-state index in [2.05, 4.69) is 86.9 Å². The van der Waals surface area contributed by atoms with Gasteiger partial charge < -0.3 is 0 Å². The van der Waals surface area contributed by atoms with E-state index in [0.717, 1.165) is 0 Å². The molecule has 0 aromatic heterocycles. The first kappa shape index (κ1) is 14.3. The van der Waals surface area contributed by atoms with Crippen molar-refractivity contribution in [1.29, 1.82) is 0 Å². The standard InChI is InChI=1S/C17H24Si2/c1-18(2,16-11-7-5-8-12-16)15-19(3,4)17-13-9-6-10-14-17/h5-14H,15H2,1-4H3. The van der Waals surface area contributed by atoms with Gasteiger partial charge in [0.25, 0.3) is 0 Å². The molecule has 2 rings (SSSR count). The maximum atomic E-state index is 2.51. The van der Waals surface area contributed by atoms with E-state index in [1.165, 1.54) is 5.67 Å². The van der Waals surface area contributed by atoms with E-state index in [1.807, 2.05) is 0 Å². The third kappa shape index (κ3) is 3.45. The number of rotatable bonds is 4. The van der Waals surface area contributed by atoms with Crippen molar-refractivity contribution in [3.63, 3.8) is 0 Å². The summed E-state index contributed by atoms with van der Waals surface area (Å²) in [5, 5.41) is 3.18. The number of benzene rings is 2. The third-order valence-electron chi connectivity index (χ3n) is 3.99. The normalized spacial score (nSPS) is 12.4. The SMILES string of the molecule is C[Si](C)(C[Si](C)(C)c1ccccc1)c1ccccc1. The maximum Gasteiger partial charge on any atom is 0.0783 e. The molecule has 0 unspecified atom stereocenters. The van der Waals surface area contributed by atoms with Crippen molar-refractivity contribution in [2.24, 2.45) is 0 Å². The smallest absolute Gasteiger partial charge is 0.0656 e. The first-order valence-corrected chi connectivity index (χ1v) is 13.4. The second kappa shape index (κ2) is 5.47. The molecular formula is C17H24Si2. The Morgan fingerprint density at radius 1 is 0.579 bits per heavy atom. The molecule has 19 heavy (non-hydrogen) atoms. The molecule has 0 bridgehead atoms. The molecule has 0 spiro atoms. The molecule has 0 nitrogen and oxygen atoms in total.